The second kappa shape index (κ2) is 10.1. The number of carbonyl (C=O) groups is 1. The molecule has 0 spiro atoms. The summed E-state index contributed by atoms with van der Waals surface area (Å²) in [5.74, 6) is 1.77. The SMILES string of the molecule is COc1ccc(CCNC(=O)NCc2ccc(N3CC(C)OC(C)C3)nc2)cc1. The van der Waals surface area contributed by atoms with Gasteiger partial charge in [0.05, 0.1) is 19.3 Å². The van der Waals surface area contributed by atoms with Crippen LogP contribution in [0.1, 0.15) is 25.0 Å². The van der Waals surface area contributed by atoms with Crippen LogP contribution >= 0.6 is 0 Å². The Hall–Kier alpha value is -2.80. The van der Waals surface area contributed by atoms with Gasteiger partial charge in [-0.3, -0.25) is 0 Å². The maximum atomic E-state index is 12.0. The summed E-state index contributed by atoms with van der Waals surface area (Å²) in [5.41, 5.74) is 2.12. The summed E-state index contributed by atoms with van der Waals surface area (Å²) in [4.78, 5) is 18.8. The van der Waals surface area contributed by atoms with Gasteiger partial charge in [-0.25, -0.2) is 9.78 Å². The number of hydrogen-bond acceptors (Lipinski definition) is 5. The molecule has 1 aliphatic heterocycles. The highest BCUT2D eigenvalue weighted by Gasteiger charge is 2.22. The van der Waals surface area contributed by atoms with Crippen LogP contribution in [-0.2, 0) is 17.7 Å². The summed E-state index contributed by atoms with van der Waals surface area (Å²) in [7, 11) is 1.65. The maximum Gasteiger partial charge on any atom is 0.315 e. The summed E-state index contributed by atoms with van der Waals surface area (Å²) >= 11 is 0. The highest BCUT2D eigenvalue weighted by Crippen LogP contribution is 2.18. The minimum absolute atomic E-state index is 0.182. The molecular formula is C22H30N4O3. The van der Waals surface area contributed by atoms with Gasteiger partial charge in [0.2, 0.25) is 0 Å². The van der Waals surface area contributed by atoms with Gasteiger partial charge in [0.15, 0.2) is 0 Å². The second-order valence-corrected chi connectivity index (χ2v) is 7.39. The number of rotatable bonds is 7. The third kappa shape index (κ3) is 6.35. The van der Waals surface area contributed by atoms with Crippen LogP contribution in [0.3, 0.4) is 0 Å². The number of hydrogen-bond donors (Lipinski definition) is 2. The van der Waals surface area contributed by atoms with Gasteiger partial charge in [0.25, 0.3) is 0 Å². The predicted octanol–water partition coefficient (Wildman–Crippen LogP) is 2.75. The van der Waals surface area contributed by atoms with Crippen LogP contribution in [0.2, 0.25) is 0 Å². The molecule has 7 nitrogen and oxygen atoms in total. The van der Waals surface area contributed by atoms with E-state index in [4.69, 9.17) is 9.47 Å². The molecule has 1 aliphatic rings. The minimum atomic E-state index is -0.182. The number of urea groups is 1. The lowest BCUT2D eigenvalue weighted by Crippen LogP contribution is -2.45. The van der Waals surface area contributed by atoms with Gasteiger partial charge >= 0.3 is 6.03 Å². The summed E-state index contributed by atoms with van der Waals surface area (Å²) in [6, 6.07) is 11.7. The minimum Gasteiger partial charge on any atom is -0.497 e. The van der Waals surface area contributed by atoms with Crippen molar-refractivity contribution >= 4 is 11.8 Å². The van der Waals surface area contributed by atoms with Crippen LogP contribution < -0.4 is 20.3 Å². The molecule has 2 unspecified atom stereocenters. The first kappa shape index (κ1) is 20.9. The summed E-state index contributed by atoms with van der Waals surface area (Å²) in [6.07, 6.45) is 2.98. The van der Waals surface area contributed by atoms with Crippen molar-refractivity contribution in [1.29, 1.82) is 0 Å². The smallest absolute Gasteiger partial charge is 0.315 e. The van der Waals surface area contributed by atoms with Gasteiger partial charge < -0.3 is 25.0 Å². The number of benzene rings is 1. The van der Waals surface area contributed by atoms with Gasteiger partial charge in [-0.1, -0.05) is 18.2 Å². The van der Waals surface area contributed by atoms with Gasteiger partial charge in [0.1, 0.15) is 11.6 Å². The molecule has 0 saturated carbocycles. The molecule has 2 heterocycles. The van der Waals surface area contributed by atoms with Gasteiger partial charge in [0, 0.05) is 32.4 Å². The fourth-order valence-corrected chi connectivity index (χ4v) is 3.43. The predicted molar refractivity (Wildman–Crippen MR) is 113 cm³/mol. The topological polar surface area (TPSA) is 75.7 Å². The van der Waals surface area contributed by atoms with E-state index < -0.39 is 0 Å². The number of anilines is 1. The number of nitrogens with zero attached hydrogens (tertiary/aromatic N) is 2. The van der Waals surface area contributed by atoms with E-state index in [1.165, 1.54) is 0 Å². The molecule has 0 bridgehead atoms. The molecule has 156 valence electrons. The summed E-state index contributed by atoms with van der Waals surface area (Å²) < 4.78 is 10.9. The average molecular weight is 399 g/mol. The third-order valence-electron chi connectivity index (χ3n) is 4.86. The monoisotopic (exact) mass is 398 g/mol. The zero-order valence-electron chi connectivity index (χ0n) is 17.4. The molecule has 3 rings (SSSR count). The quantitative estimate of drug-likeness (QED) is 0.750. The second-order valence-electron chi connectivity index (χ2n) is 7.39. The number of nitrogens with one attached hydrogen (secondary N) is 2. The molecule has 0 aliphatic carbocycles. The lowest BCUT2D eigenvalue weighted by molar-refractivity contribution is -0.00546. The fraction of sp³-hybridized carbons (Fsp3) is 0.455. The maximum absolute atomic E-state index is 12.0. The first-order valence-electron chi connectivity index (χ1n) is 10.0. The molecule has 29 heavy (non-hydrogen) atoms. The standard InChI is InChI=1S/C22H30N4O3/c1-16-14-26(15-17(2)29-16)21-9-6-19(12-24-21)13-25-22(27)23-11-10-18-4-7-20(28-3)8-5-18/h4-9,12,16-17H,10-11,13-15H2,1-3H3,(H2,23,25,27). The van der Waals surface area contributed by atoms with Gasteiger partial charge in [-0.15, -0.1) is 0 Å². The average Bonchev–Trinajstić information content (AvgIpc) is 2.72. The fourth-order valence-electron chi connectivity index (χ4n) is 3.43. The molecule has 1 aromatic carbocycles. The first-order valence-corrected chi connectivity index (χ1v) is 10.0. The Labute approximate surface area is 172 Å². The van der Waals surface area contributed by atoms with E-state index in [1.807, 2.05) is 42.6 Å². The van der Waals surface area contributed by atoms with Crippen molar-refractivity contribution in [2.45, 2.75) is 39.0 Å². The number of pyridine rings is 1. The van der Waals surface area contributed by atoms with Gasteiger partial charge in [-0.2, -0.15) is 0 Å². The molecule has 0 radical (unpaired) electrons. The van der Waals surface area contributed by atoms with E-state index in [-0.39, 0.29) is 18.2 Å². The van der Waals surface area contributed by atoms with Crippen LogP contribution in [0, 0.1) is 0 Å². The number of methoxy groups -OCH3 is 1. The van der Waals surface area contributed by atoms with Gasteiger partial charge in [-0.05, 0) is 49.6 Å². The molecule has 1 saturated heterocycles. The molecule has 1 fully saturated rings. The Morgan fingerprint density at radius 1 is 1.10 bits per heavy atom. The van der Waals surface area contributed by atoms with Crippen molar-refractivity contribution in [3.05, 3.63) is 53.7 Å². The van der Waals surface area contributed by atoms with E-state index in [9.17, 15) is 4.79 Å². The van der Waals surface area contributed by atoms with E-state index >= 15 is 0 Å². The third-order valence-corrected chi connectivity index (χ3v) is 4.86. The molecule has 2 aromatic rings. The Morgan fingerprint density at radius 2 is 1.79 bits per heavy atom. The van der Waals surface area contributed by atoms with Crippen LogP contribution in [0.15, 0.2) is 42.6 Å². The van der Waals surface area contributed by atoms with E-state index in [1.54, 1.807) is 7.11 Å². The Kier molecular flexibility index (Phi) is 7.30. The number of aromatic nitrogens is 1. The summed E-state index contributed by atoms with van der Waals surface area (Å²) in [5, 5.41) is 5.75. The van der Waals surface area contributed by atoms with Crippen molar-refractivity contribution in [1.82, 2.24) is 15.6 Å². The van der Waals surface area contributed by atoms with Crippen molar-refractivity contribution in [2.24, 2.45) is 0 Å². The molecule has 2 N–H and O–H groups in total. The van der Waals surface area contributed by atoms with Crippen LogP contribution in [-0.4, -0.2) is 50.0 Å². The molecule has 1 aromatic heterocycles. The van der Waals surface area contributed by atoms with Crippen LogP contribution in [0.4, 0.5) is 10.6 Å². The number of amides is 2. The lowest BCUT2D eigenvalue weighted by Gasteiger charge is -2.36. The zero-order valence-corrected chi connectivity index (χ0v) is 17.4. The number of morpholine rings is 1. The largest absolute Gasteiger partial charge is 0.497 e. The number of ether oxygens (including phenoxy) is 2. The molecule has 2 amide bonds. The highest BCUT2D eigenvalue weighted by molar-refractivity contribution is 5.73. The van der Waals surface area contributed by atoms with Crippen LogP contribution in [0.25, 0.3) is 0 Å². The van der Waals surface area contributed by atoms with E-state index in [0.717, 1.165) is 42.2 Å². The summed E-state index contributed by atoms with van der Waals surface area (Å²) in [6.45, 7) is 6.85. The van der Waals surface area contributed by atoms with Crippen molar-refractivity contribution in [3.8, 4) is 5.75 Å². The Bertz CT molecular complexity index is 770. The van der Waals surface area contributed by atoms with Crippen molar-refractivity contribution < 1.29 is 14.3 Å². The zero-order chi connectivity index (χ0) is 20.6. The van der Waals surface area contributed by atoms with E-state index in [0.29, 0.717) is 13.1 Å². The van der Waals surface area contributed by atoms with Crippen molar-refractivity contribution in [3.63, 3.8) is 0 Å². The molecular weight excluding hydrogens is 368 g/mol. The normalized spacial score (nSPS) is 18.9. The number of carbonyl (C=O) groups excluding carboxylic acids is 1. The lowest BCUT2D eigenvalue weighted by atomic mass is 10.1. The van der Waals surface area contributed by atoms with Crippen LogP contribution in [0.5, 0.6) is 5.75 Å². The van der Waals surface area contributed by atoms with E-state index in [2.05, 4.69) is 34.4 Å². The molecule has 7 heteroatoms. The Balaban J connectivity index is 1.39. The van der Waals surface area contributed by atoms with Crippen molar-refractivity contribution in [2.75, 3.05) is 31.6 Å². The first-order chi connectivity index (χ1) is 14.0. The Morgan fingerprint density at radius 3 is 2.41 bits per heavy atom. The highest BCUT2D eigenvalue weighted by atomic mass is 16.5. The molecule has 2 atom stereocenters.